The van der Waals surface area contributed by atoms with Crippen LogP contribution in [0, 0.1) is 6.92 Å². The van der Waals surface area contributed by atoms with E-state index in [1.54, 1.807) is 0 Å². The average molecular weight is 365 g/mol. The van der Waals surface area contributed by atoms with Crippen molar-refractivity contribution in [2.45, 2.75) is 33.2 Å². The van der Waals surface area contributed by atoms with Crippen LogP contribution in [0.4, 0.5) is 0 Å². The van der Waals surface area contributed by atoms with Crippen LogP contribution >= 0.6 is 0 Å². The summed E-state index contributed by atoms with van der Waals surface area (Å²) in [5, 5.41) is 11.0. The van der Waals surface area contributed by atoms with Crippen LogP contribution in [0.15, 0.2) is 52.9 Å². The first-order valence-electron chi connectivity index (χ1n) is 9.02. The molecule has 27 heavy (non-hydrogen) atoms. The van der Waals surface area contributed by atoms with E-state index in [4.69, 9.17) is 9.15 Å². The van der Waals surface area contributed by atoms with Gasteiger partial charge in [-0.2, -0.15) is 0 Å². The largest absolute Gasteiger partial charge is 0.494 e. The average Bonchev–Trinajstić information content (AvgIpc) is 3.15. The van der Waals surface area contributed by atoms with Gasteiger partial charge in [-0.1, -0.05) is 29.8 Å². The maximum atomic E-state index is 12.1. The topological polar surface area (TPSA) is 77.2 Å². The Bertz CT molecular complexity index is 888. The molecule has 1 amide bonds. The number of rotatable bonds is 8. The summed E-state index contributed by atoms with van der Waals surface area (Å²) < 4.78 is 11.1. The molecular formula is C21H23N3O3. The number of aryl methyl sites for hydroxylation is 2. The zero-order valence-corrected chi connectivity index (χ0v) is 15.6. The molecule has 140 valence electrons. The molecule has 3 rings (SSSR count). The highest BCUT2D eigenvalue weighted by Gasteiger charge is 2.10. The van der Waals surface area contributed by atoms with Crippen LogP contribution in [-0.2, 0) is 17.8 Å². The maximum absolute atomic E-state index is 12.1. The van der Waals surface area contributed by atoms with Gasteiger partial charge >= 0.3 is 0 Å². The monoisotopic (exact) mass is 365 g/mol. The fourth-order valence-electron chi connectivity index (χ4n) is 2.59. The molecule has 0 saturated carbocycles. The van der Waals surface area contributed by atoms with E-state index in [1.807, 2.05) is 62.4 Å². The molecule has 1 heterocycles. The summed E-state index contributed by atoms with van der Waals surface area (Å²) in [4.78, 5) is 12.1. The lowest BCUT2D eigenvalue weighted by atomic mass is 10.1. The molecule has 1 aromatic heterocycles. The van der Waals surface area contributed by atoms with Crippen LogP contribution in [-0.4, -0.2) is 22.7 Å². The van der Waals surface area contributed by atoms with Crippen molar-refractivity contribution >= 4 is 5.91 Å². The zero-order chi connectivity index (χ0) is 19.1. The fourth-order valence-corrected chi connectivity index (χ4v) is 2.59. The van der Waals surface area contributed by atoms with Gasteiger partial charge in [-0.05, 0) is 43.7 Å². The molecular weight excluding hydrogens is 342 g/mol. The van der Waals surface area contributed by atoms with E-state index in [0.29, 0.717) is 37.8 Å². The van der Waals surface area contributed by atoms with E-state index in [1.165, 1.54) is 5.56 Å². The Morgan fingerprint density at radius 2 is 1.96 bits per heavy atom. The molecule has 0 atom stereocenters. The van der Waals surface area contributed by atoms with Gasteiger partial charge in [0.15, 0.2) is 0 Å². The van der Waals surface area contributed by atoms with E-state index < -0.39 is 0 Å². The fraction of sp³-hybridized carbons (Fsp3) is 0.286. The Labute approximate surface area is 158 Å². The van der Waals surface area contributed by atoms with Gasteiger partial charge in [0, 0.05) is 24.9 Å². The molecule has 1 N–H and O–H groups in total. The van der Waals surface area contributed by atoms with Crippen molar-refractivity contribution in [3.63, 3.8) is 0 Å². The van der Waals surface area contributed by atoms with Crippen LogP contribution in [0.5, 0.6) is 5.75 Å². The minimum Gasteiger partial charge on any atom is -0.494 e. The van der Waals surface area contributed by atoms with Crippen molar-refractivity contribution in [1.82, 2.24) is 15.5 Å². The maximum Gasteiger partial charge on any atom is 0.247 e. The molecule has 0 unspecified atom stereocenters. The summed E-state index contributed by atoms with van der Waals surface area (Å²) in [6.07, 6.45) is 0.699. The van der Waals surface area contributed by atoms with Gasteiger partial charge in [-0.15, -0.1) is 10.2 Å². The van der Waals surface area contributed by atoms with Crippen LogP contribution < -0.4 is 10.1 Å². The number of ether oxygens (including phenoxy) is 1. The van der Waals surface area contributed by atoms with Crippen molar-refractivity contribution < 1.29 is 13.9 Å². The first-order valence-corrected chi connectivity index (χ1v) is 9.02. The summed E-state index contributed by atoms with van der Waals surface area (Å²) in [7, 11) is 0. The molecule has 0 bridgehead atoms. The standard InChI is InChI=1S/C21H23N3O3/c1-3-26-18-6-4-5-16(13-18)14-22-19(25)11-12-20-23-24-21(27-20)17-9-7-15(2)8-10-17/h4-10,13H,3,11-12,14H2,1-2H3,(H,22,25). The number of benzene rings is 2. The van der Waals surface area contributed by atoms with Gasteiger partial charge in [0.25, 0.3) is 0 Å². The van der Waals surface area contributed by atoms with Crippen LogP contribution in [0.25, 0.3) is 11.5 Å². The second-order valence-electron chi connectivity index (χ2n) is 6.22. The highest BCUT2D eigenvalue weighted by Crippen LogP contribution is 2.18. The summed E-state index contributed by atoms with van der Waals surface area (Å²) in [6.45, 7) is 5.04. The molecule has 0 aliphatic rings. The van der Waals surface area contributed by atoms with Crippen LogP contribution in [0.1, 0.15) is 30.4 Å². The Morgan fingerprint density at radius 1 is 1.15 bits per heavy atom. The van der Waals surface area contributed by atoms with Gasteiger partial charge in [0.05, 0.1) is 6.61 Å². The SMILES string of the molecule is CCOc1cccc(CNC(=O)CCc2nnc(-c3ccc(C)cc3)o2)c1. The molecule has 0 fully saturated rings. The number of carbonyl (C=O) groups is 1. The molecule has 0 aliphatic carbocycles. The third kappa shape index (κ3) is 5.41. The smallest absolute Gasteiger partial charge is 0.247 e. The predicted molar refractivity (Wildman–Crippen MR) is 102 cm³/mol. The molecule has 0 radical (unpaired) electrons. The van der Waals surface area contributed by atoms with E-state index in [0.717, 1.165) is 16.9 Å². The van der Waals surface area contributed by atoms with Crippen molar-refractivity contribution in [2.24, 2.45) is 0 Å². The lowest BCUT2D eigenvalue weighted by molar-refractivity contribution is -0.121. The third-order valence-electron chi connectivity index (χ3n) is 4.03. The first kappa shape index (κ1) is 18.6. The van der Waals surface area contributed by atoms with Gasteiger partial charge in [0.1, 0.15) is 5.75 Å². The number of amides is 1. The lowest BCUT2D eigenvalue weighted by Crippen LogP contribution is -2.23. The van der Waals surface area contributed by atoms with Gasteiger partial charge in [0.2, 0.25) is 17.7 Å². The zero-order valence-electron chi connectivity index (χ0n) is 15.6. The predicted octanol–water partition coefficient (Wildman–Crippen LogP) is 3.69. The van der Waals surface area contributed by atoms with Crippen molar-refractivity contribution in [3.05, 3.63) is 65.5 Å². The highest BCUT2D eigenvalue weighted by molar-refractivity contribution is 5.76. The van der Waals surface area contributed by atoms with Gasteiger partial charge in [-0.3, -0.25) is 4.79 Å². The number of aromatic nitrogens is 2. The van der Waals surface area contributed by atoms with Crippen molar-refractivity contribution in [2.75, 3.05) is 6.61 Å². The van der Waals surface area contributed by atoms with Crippen LogP contribution in [0.3, 0.4) is 0 Å². The Hall–Kier alpha value is -3.15. The second-order valence-corrected chi connectivity index (χ2v) is 6.22. The second kappa shape index (κ2) is 8.98. The summed E-state index contributed by atoms with van der Waals surface area (Å²) in [6, 6.07) is 15.6. The summed E-state index contributed by atoms with van der Waals surface area (Å²) >= 11 is 0. The molecule has 0 spiro atoms. The number of nitrogens with one attached hydrogen (secondary N) is 1. The van der Waals surface area contributed by atoms with Gasteiger partial charge in [-0.25, -0.2) is 0 Å². The number of carbonyl (C=O) groups excluding carboxylic acids is 1. The Morgan fingerprint density at radius 3 is 2.74 bits per heavy atom. The number of hydrogen-bond acceptors (Lipinski definition) is 5. The number of hydrogen-bond donors (Lipinski definition) is 1. The quantitative estimate of drug-likeness (QED) is 0.659. The molecule has 3 aromatic rings. The lowest BCUT2D eigenvalue weighted by Gasteiger charge is -2.07. The van der Waals surface area contributed by atoms with E-state index in [-0.39, 0.29) is 5.91 Å². The highest BCUT2D eigenvalue weighted by atomic mass is 16.5. The Balaban J connectivity index is 1.48. The third-order valence-corrected chi connectivity index (χ3v) is 4.03. The van der Waals surface area contributed by atoms with Crippen LogP contribution in [0.2, 0.25) is 0 Å². The molecule has 6 heteroatoms. The molecule has 0 saturated heterocycles. The molecule has 6 nitrogen and oxygen atoms in total. The van der Waals surface area contributed by atoms with E-state index >= 15 is 0 Å². The minimum absolute atomic E-state index is 0.0631. The normalized spacial score (nSPS) is 10.6. The summed E-state index contributed by atoms with van der Waals surface area (Å²) in [5.74, 6) is 1.67. The molecule has 0 aliphatic heterocycles. The number of nitrogens with zero attached hydrogens (tertiary/aromatic N) is 2. The van der Waals surface area contributed by atoms with Crippen molar-refractivity contribution in [1.29, 1.82) is 0 Å². The molecule has 2 aromatic carbocycles. The first-order chi connectivity index (χ1) is 13.1. The van der Waals surface area contributed by atoms with E-state index in [9.17, 15) is 4.79 Å². The van der Waals surface area contributed by atoms with Crippen molar-refractivity contribution in [3.8, 4) is 17.2 Å². The van der Waals surface area contributed by atoms with E-state index in [2.05, 4.69) is 15.5 Å². The Kier molecular flexibility index (Phi) is 6.20. The summed E-state index contributed by atoms with van der Waals surface area (Å²) in [5.41, 5.74) is 3.04. The van der Waals surface area contributed by atoms with Gasteiger partial charge < -0.3 is 14.5 Å². The minimum atomic E-state index is -0.0631.